The van der Waals surface area contributed by atoms with Crippen LogP contribution in [0.5, 0.6) is 0 Å². The molecule has 0 radical (unpaired) electrons. The quantitative estimate of drug-likeness (QED) is 0.478. The summed E-state index contributed by atoms with van der Waals surface area (Å²) in [5.41, 5.74) is 5.55. The van der Waals surface area contributed by atoms with E-state index >= 15 is 0 Å². The number of carbonyl (C=O) groups is 1. The smallest absolute Gasteiger partial charge is 0.295 e. The highest BCUT2D eigenvalue weighted by atomic mass is 32.2. The summed E-state index contributed by atoms with van der Waals surface area (Å²) in [5.74, 6) is 0. The van der Waals surface area contributed by atoms with Gasteiger partial charge in [-0.15, -0.1) is 0 Å². The Morgan fingerprint density at radius 3 is 2.47 bits per heavy atom. The van der Waals surface area contributed by atoms with E-state index in [4.69, 9.17) is 10.3 Å². The van der Waals surface area contributed by atoms with Crippen molar-refractivity contribution in [3.05, 3.63) is 35.9 Å². The lowest BCUT2D eigenvalue weighted by Gasteiger charge is -2.08. The maximum atomic E-state index is 11.1. The zero-order valence-corrected chi connectivity index (χ0v) is 9.44. The van der Waals surface area contributed by atoms with Crippen LogP contribution in [0, 0.1) is 0 Å². The molecule has 3 N–H and O–H groups in total. The van der Waals surface area contributed by atoms with Gasteiger partial charge in [-0.25, -0.2) is 0 Å². The number of hydrogen-bond donors (Lipinski definition) is 2. The van der Waals surface area contributed by atoms with E-state index in [1.807, 2.05) is 0 Å². The summed E-state index contributed by atoms with van der Waals surface area (Å²) >= 11 is 0. The maximum absolute atomic E-state index is 11.1. The Kier molecular flexibility index (Phi) is 2.60. The van der Waals surface area contributed by atoms with Crippen molar-refractivity contribution in [3.8, 4) is 0 Å². The van der Waals surface area contributed by atoms with E-state index in [1.54, 1.807) is 24.3 Å². The lowest BCUT2D eigenvalue weighted by molar-refractivity contribution is 0.112. The van der Waals surface area contributed by atoms with Gasteiger partial charge in [0.05, 0.1) is 11.3 Å². The minimum Gasteiger partial charge on any atom is -0.398 e. The summed E-state index contributed by atoms with van der Waals surface area (Å²) in [6.45, 7) is 0. The van der Waals surface area contributed by atoms with Crippen LogP contribution in [0.25, 0.3) is 10.8 Å². The summed E-state index contributed by atoms with van der Waals surface area (Å²) in [4.78, 5) is 10.4. The molecule has 5 nitrogen and oxygen atoms in total. The largest absolute Gasteiger partial charge is 0.398 e. The molecule has 0 aliphatic rings. The molecule has 0 spiro atoms. The van der Waals surface area contributed by atoms with E-state index in [2.05, 4.69) is 0 Å². The number of benzene rings is 2. The number of nitrogens with two attached hydrogens (primary N) is 1. The minimum absolute atomic E-state index is 0.0470. The average molecular weight is 251 g/mol. The lowest BCUT2D eigenvalue weighted by Crippen LogP contribution is -2.06. The number of fused-ring (bicyclic) bond motifs is 1. The molecular weight excluding hydrogens is 242 g/mol. The van der Waals surface area contributed by atoms with Gasteiger partial charge >= 0.3 is 0 Å². The Morgan fingerprint density at radius 2 is 1.88 bits per heavy atom. The summed E-state index contributed by atoms with van der Waals surface area (Å²) in [5, 5.41) is 1.12. The Labute approximate surface area is 97.6 Å². The third kappa shape index (κ3) is 1.88. The van der Waals surface area contributed by atoms with Gasteiger partial charge in [0.25, 0.3) is 10.1 Å². The molecule has 2 rings (SSSR count). The first-order valence-corrected chi connectivity index (χ1v) is 6.13. The van der Waals surface area contributed by atoms with Gasteiger partial charge in [-0.05, 0) is 11.5 Å². The second kappa shape index (κ2) is 3.83. The van der Waals surface area contributed by atoms with Crippen molar-refractivity contribution in [2.24, 2.45) is 0 Å². The first-order chi connectivity index (χ1) is 7.95. The monoisotopic (exact) mass is 251 g/mol. The fraction of sp³-hybridized carbons (Fsp3) is 0. The van der Waals surface area contributed by atoms with E-state index in [0.29, 0.717) is 17.1 Å². The van der Waals surface area contributed by atoms with Gasteiger partial charge in [0.1, 0.15) is 4.90 Å². The van der Waals surface area contributed by atoms with Crippen LogP contribution in [0.1, 0.15) is 10.4 Å². The molecule has 0 unspecified atom stereocenters. The molecular formula is C11H9NO4S. The van der Waals surface area contributed by atoms with Gasteiger partial charge in [-0.3, -0.25) is 9.35 Å². The van der Waals surface area contributed by atoms with E-state index in [-0.39, 0.29) is 11.3 Å². The number of rotatable bonds is 2. The van der Waals surface area contributed by atoms with Crippen LogP contribution in [-0.4, -0.2) is 19.3 Å². The van der Waals surface area contributed by atoms with Crippen molar-refractivity contribution in [1.82, 2.24) is 0 Å². The second-order valence-electron chi connectivity index (χ2n) is 3.52. The number of nitrogen functional groups attached to an aromatic ring is 1. The Morgan fingerprint density at radius 1 is 1.24 bits per heavy atom. The predicted octanol–water partition coefficient (Wildman–Crippen LogP) is 1.48. The number of hydrogen-bond acceptors (Lipinski definition) is 4. The Hall–Kier alpha value is -1.92. The summed E-state index contributed by atoms with van der Waals surface area (Å²) in [7, 11) is -4.47. The highest BCUT2D eigenvalue weighted by Crippen LogP contribution is 2.29. The molecule has 0 amide bonds. The SMILES string of the molecule is Nc1c(C=O)c(S(=O)(=O)O)cc2ccccc12. The topological polar surface area (TPSA) is 97.5 Å². The summed E-state index contributed by atoms with van der Waals surface area (Å²) in [6.07, 6.45) is 0.324. The first-order valence-electron chi connectivity index (χ1n) is 4.69. The van der Waals surface area contributed by atoms with Gasteiger partial charge < -0.3 is 5.73 Å². The lowest BCUT2D eigenvalue weighted by atomic mass is 10.0. The van der Waals surface area contributed by atoms with Crippen molar-refractivity contribution < 1.29 is 17.8 Å². The van der Waals surface area contributed by atoms with E-state index in [9.17, 15) is 13.2 Å². The van der Waals surface area contributed by atoms with Crippen LogP contribution in [-0.2, 0) is 10.1 Å². The van der Waals surface area contributed by atoms with Crippen LogP contribution in [0.2, 0.25) is 0 Å². The van der Waals surface area contributed by atoms with Gasteiger partial charge in [0, 0.05) is 5.39 Å². The standard InChI is InChI=1S/C11H9NO4S/c12-11-8-4-2-1-3-7(8)5-10(9(11)6-13)17(14,15)16/h1-6H,12H2,(H,14,15,16). The van der Waals surface area contributed by atoms with Crippen molar-refractivity contribution in [2.75, 3.05) is 5.73 Å². The van der Waals surface area contributed by atoms with Crippen LogP contribution >= 0.6 is 0 Å². The third-order valence-corrected chi connectivity index (χ3v) is 3.38. The molecule has 2 aromatic rings. The van der Waals surface area contributed by atoms with Gasteiger partial charge in [-0.2, -0.15) is 8.42 Å². The average Bonchev–Trinajstić information content (AvgIpc) is 2.28. The molecule has 17 heavy (non-hydrogen) atoms. The van der Waals surface area contributed by atoms with Crippen molar-refractivity contribution in [3.63, 3.8) is 0 Å². The Balaban J connectivity index is 3.00. The van der Waals surface area contributed by atoms with E-state index < -0.39 is 15.0 Å². The van der Waals surface area contributed by atoms with Crippen molar-refractivity contribution >= 4 is 32.9 Å². The van der Waals surface area contributed by atoms with E-state index in [1.165, 1.54) is 6.07 Å². The highest BCUT2D eigenvalue weighted by Gasteiger charge is 2.19. The molecule has 2 aromatic carbocycles. The molecule has 88 valence electrons. The Bertz CT molecular complexity index is 707. The molecule has 0 atom stereocenters. The normalized spacial score (nSPS) is 11.6. The molecule has 0 fully saturated rings. The summed E-state index contributed by atoms with van der Waals surface area (Å²) < 4.78 is 31.3. The van der Waals surface area contributed by atoms with Gasteiger partial charge in [0.15, 0.2) is 6.29 Å². The minimum atomic E-state index is -4.47. The fourth-order valence-electron chi connectivity index (χ4n) is 1.70. The zero-order chi connectivity index (χ0) is 12.6. The summed E-state index contributed by atoms with van der Waals surface area (Å²) in [6, 6.07) is 7.97. The molecule has 0 aliphatic heterocycles. The van der Waals surface area contributed by atoms with Gasteiger partial charge in [0.2, 0.25) is 0 Å². The molecule has 6 heteroatoms. The molecule has 0 saturated carbocycles. The van der Waals surface area contributed by atoms with E-state index in [0.717, 1.165) is 0 Å². The maximum Gasteiger partial charge on any atom is 0.295 e. The molecule has 0 saturated heterocycles. The first kappa shape index (κ1) is 11.6. The van der Waals surface area contributed by atoms with Crippen LogP contribution in [0.3, 0.4) is 0 Å². The zero-order valence-electron chi connectivity index (χ0n) is 8.62. The van der Waals surface area contributed by atoms with Crippen LogP contribution in [0.15, 0.2) is 35.2 Å². The number of carbonyl (C=O) groups excluding carboxylic acids is 1. The highest BCUT2D eigenvalue weighted by molar-refractivity contribution is 7.86. The van der Waals surface area contributed by atoms with Gasteiger partial charge in [-0.1, -0.05) is 24.3 Å². The molecule has 0 bridgehead atoms. The van der Waals surface area contributed by atoms with Crippen LogP contribution in [0.4, 0.5) is 5.69 Å². The number of anilines is 1. The second-order valence-corrected chi connectivity index (χ2v) is 4.91. The van der Waals surface area contributed by atoms with Crippen LogP contribution < -0.4 is 5.73 Å². The van der Waals surface area contributed by atoms with Crippen molar-refractivity contribution in [1.29, 1.82) is 0 Å². The molecule has 0 aliphatic carbocycles. The fourth-order valence-corrected chi connectivity index (χ4v) is 2.41. The molecule has 0 heterocycles. The third-order valence-electron chi connectivity index (χ3n) is 2.49. The number of aldehydes is 1. The molecule has 0 aromatic heterocycles. The van der Waals surface area contributed by atoms with Crippen molar-refractivity contribution in [2.45, 2.75) is 4.90 Å². The predicted molar refractivity (Wildman–Crippen MR) is 63.6 cm³/mol.